The van der Waals surface area contributed by atoms with Gasteiger partial charge in [0, 0.05) is 0 Å². The average Bonchev–Trinajstić information content (AvgIpc) is 3.05. The first-order chi connectivity index (χ1) is 8.85. The number of fused-ring (bicyclic) bond motifs is 2. The Labute approximate surface area is 128 Å². The van der Waals surface area contributed by atoms with Gasteiger partial charge in [-0.15, -0.1) is 0 Å². The third kappa shape index (κ3) is 1.93. The molecule has 0 nitrogen and oxygen atoms in total. The van der Waals surface area contributed by atoms with Gasteiger partial charge in [-0.1, -0.05) is 0 Å². The van der Waals surface area contributed by atoms with Crippen molar-refractivity contribution in [3.8, 4) is 0 Å². The van der Waals surface area contributed by atoms with Crippen molar-refractivity contribution in [2.24, 2.45) is 0 Å². The number of hydrogen-bond donors (Lipinski definition) is 0. The molecule has 102 valence electrons. The van der Waals surface area contributed by atoms with Crippen LogP contribution in [0.5, 0.6) is 0 Å². The van der Waals surface area contributed by atoms with Gasteiger partial charge in [-0.3, -0.25) is 0 Å². The van der Waals surface area contributed by atoms with E-state index in [9.17, 15) is 0 Å². The van der Waals surface area contributed by atoms with Crippen LogP contribution in [-0.4, -0.2) is 6.16 Å². The minimum atomic E-state index is -0.0229. The second-order valence-electron chi connectivity index (χ2n) is 5.03. The van der Waals surface area contributed by atoms with Crippen LogP contribution < -0.4 is 9.41 Å². The molecule has 3 aliphatic rings. The predicted octanol–water partition coefficient (Wildman–Crippen LogP) is -1.36. The van der Waals surface area contributed by atoms with E-state index in [1.807, 2.05) is 3.88 Å². The average molecular weight is 324 g/mol. The van der Waals surface area contributed by atoms with Crippen molar-refractivity contribution >= 4 is 14.0 Å². The van der Waals surface area contributed by atoms with Gasteiger partial charge in [0.15, 0.2) is 0 Å². The van der Waals surface area contributed by atoms with Gasteiger partial charge in [0.1, 0.15) is 0 Å². The summed E-state index contributed by atoms with van der Waals surface area (Å²) in [5.41, 5.74) is 3.12. The third-order valence-electron chi connectivity index (χ3n) is 4.16. The summed E-state index contributed by atoms with van der Waals surface area (Å²) in [7, 11) is 0.00630. The summed E-state index contributed by atoms with van der Waals surface area (Å²) in [6.07, 6.45) is 12.4. The van der Waals surface area contributed by atoms with Crippen molar-refractivity contribution in [3.63, 3.8) is 0 Å². The molecule has 4 rings (SSSR count). The monoisotopic (exact) mass is 324 g/mol. The molecule has 1 aliphatic heterocycles. The van der Waals surface area contributed by atoms with Crippen molar-refractivity contribution < 1.29 is 28.6 Å². The standard InChI is InChI=1S/C16H15P.2FH.Ti/c1-2-17(14-8-4-5-9-14)16-12-11-13-7-3-6-10-15(13)16;;;/h3-4,6-8,10-12H,2,5H2,1H3;2*1H;/q;;;+2/p-2. The van der Waals surface area contributed by atoms with Gasteiger partial charge in [0.2, 0.25) is 0 Å². The van der Waals surface area contributed by atoms with E-state index in [0.717, 1.165) is 0 Å². The quantitative estimate of drug-likeness (QED) is 0.442. The largest absolute Gasteiger partial charge is 1.00 e. The Kier molecular flexibility index (Phi) is 4.49. The van der Waals surface area contributed by atoms with Gasteiger partial charge in [-0.2, -0.15) is 0 Å². The molecule has 20 heavy (non-hydrogen) atoms. The van der Waals surface area contributed by atoms with E-state index in [1.165, 1.54) is 18.1 Å². The molecule has 0 radical (unpaired) electrons. The van der Waals surface area contributed by atoms with Crippen molar-refractivity contribution in [1.29, 1.82) is 0 Å². The van der Waals surface area contributed by atoms with E-state index in [-0.39, 0.29) is 36.5 Å². The Balaban J connectivity index is 0.000000735. The summed E-state index contributed by atoms with van der Waals surface area (Å²) in [4.78, 5) is 0. The molecule has 2 atom stereocenters. The maximum absolute atomic E-state index is 2.57. The van der Waals surface area contributed by atoms with Crippen LogP contribution in [-0.2, 0) is 22.6 Å². The van der Waals surface area contributed by atoms with Crippen molar-refractivity contribution in [3.05, 3.63) is 62.8 Å². The minimum absolute atomic E-state index is 0. The Hall–Kier alpha value is -0.556. The molecule has 1 aromatic carbocycles. The summed E-state index contributed by atoms with van der Waals surface area (Å²) in [5.74, 6) is 0. The molecular weight excluding hydrogens is 309 g/mol. The van der Waals surface area contributed by atoms with E-state index in [4.69, 9.17) is 0 Å². The number of allylic oxidation sites excluding steroid dienone is 5. The first-order valence-corrected chi connectivity index (χ1v) is 9.68. The van der Waals surface area contributed by atoms with Gasteiger partial charge < -0.3 is 9.41 Å². The van der Waals surface area contributed by atoms with Crippen LogP contribution in [0, 0.1) is 0 Å². The number of benzene rings is 1. The maximum Gasteiger partial charge on any atom is -1.00 e. The predicted molar refractivity (Wildman–Crippen MR) is 75.4 cm³/mol. The van der Waals surface area contributed by atoms with Crippen LogP contribution >= 0.6 is 7.92 Å². The van der Waals surface area contributed by atoms with Crippen LogP contribution in [0.25, 0.3) is 6.08 Å². The van der Waals surface area contributed by atoms with Crippen LogP contribution in [0.15, 0.2) is 51.7 Å². The molecule has 0 fully saturated rings. The molecular formula is C16H15F2PTi. The zero-order valence-corrected chi connectivity index (χ0v) is 13.7. The van der Waals surface area contributed by atoms with Crippen molar-refractivity contribution in [1.82, 2.24) is 0 Å². The van der Waals surface area contributed by atoms with E-state index < -0.39 is 0 Å². The Morgan fingerprint density at radius 1 is 1.20 bits per heavy atom. The molecule has 2 aliphatic carbocycles. The van der Waals surface area contributed by atoms with Crippen LogP contribution in [0.1, 0.15) is 24.5 Å². The Morgan fingerprint density at radius 2 is 2.00 bits per heavy atom. The molecule has 0 aromatic heterocycles. The normalized spacial score (nSPS) is 27.6. The fourth-order valence-corrected chi connectivity index (χ4v) is 11.8. The SMILES string of the molecule is CCP1C2=[C](CC=C2)[Ti+2][C]12C=Cc1ccccc12.[F-].[F-]. The Bertz CT molecular complexity index is 621. The van der Waals surface area contributed by atoms with E-state index in [2.05, 4.69) is 55.5 Å². The van der Waals surface area contributed by atoms with Crippen LogP contribution in [0.4, 0.5) is 0 Å². The number of hydrogen-bond acceptors (Lipinski definition) is 0. The first kappa shape index (κ1) is 15.8. The molecule has 0 amide bonds. The maximum atomic E-state index is 2.57. The third-order valence-corrected chi connectivity index (χ3v) is 11.6. The summed E-state index contributed by atoms with van der Waals surface area (Å²) in [6.45, 7) is 2.39. The zero-order chi connectivity index (χ0) is 12.2. The molecule has 4 heteroatoms. The molecule has 0 N–H and O–H groups in total. The molecule has 1 aromatic rings. The summed E-state index contributed by atoms with van der Waals surface area (Å²) >= 11 is -0.0229. The van der Waals surface area contributed by atoms with E-state index in [1.54, 1.807) is 10.9 Å². The summed E-state index contributed by atoms with van der Waals surface area (Å²) in [5, 5.41) is 1.76. The first-order valence-electron chi connectivity index (χ1n) is 6.59. The fourth-order valence-electron chi connectivity index (χ4n) is 3.40. The molecule has 1 heterocycles. The zero-order valence-electron chi connectivity index (χ0n) is 11.2. The van der Waals surface area contributed by atoms with Crippen LogP contribution in [0.3, 0.4) is 0 Å². The summed E-state index contributed by atoms with van der Waals surface area (Å²) < 4.78 is 2.31. The topological polar surface area (TPSA) is 0 Å². The Morgan fingerprint density at radius 3 is 2.80 bits per heavy atom. The van der Waals surface area contributed by atoms with E-state index in [0.29, 0.717) is 3.46 Å². The molecule has 0 saturated carbocycles. The van der Waals surface area contributed by atoms with Gasteiger partial charge in [-0.25, -0.2) is 0 Å². The van der Waals surface area contributed by atoms with Crippen molar-refractivity contribution in [2.45, 2.75) is 16.8 Å². The number of halogens is 2. The smallest absolute Gasteiger partial charge is 1.00 e. The fraction of sp³-hybridized carbons (Fsp3) is 0.250. The van der Waals surface area contributed by atoms with Gasteiger partial charge in [0.05, 0.1) is 0 Å². The van der Waals surface area contributed by atoms with Crippen molar-refractivity contribution in [2.75, 3.05) is 6.16 Å². The minimum Gasteiger partial charge on any atom is -1.00 e. The van der Waals surface area contributed by atoms with Gasteiger partial charge in [-0.05, 0) is 0 Å². The molecule has 2 unspecified atom stereocenters. The second-order valence-corrected chi connectivity index (χ2v) is 10.9. The summed E-state index contributed by atoms with van der Waals surface area (Å²) in [6, 6.07) is 9.07. The van der Waals surface area contributed by atoms with Gasteiger partial charge >= 0.3 is 119 Å². The molecule has 0 bridgehead atoms. The molecule has 1 spiro atoms. The van der Waals surface area contributed by atoms with Gasteiger partial charge in [0.25, 0.3) is 0 Å². The van der Waals surface area contributed by atoms with Crippen LogP contribution in [0.2, 0.25) is 0 Å². The van der Waals surface area contributed by atoms with E-state index >= 15 is 0 Å². The number of rotatable bonds is 1. The second kappa shape index (κ2) is 5.68. The molecule has 0 saturated heterocycles.